The maximum absolute atomic E-state index is 11.9. The molecule has 0 saturated carbocycles. The molecular formula is C14H23N3O. The summed E-state index contributed by atoms with van der Waals surface area (Å²) in [5.74, 6) is -0.141. The van der Waals surface area contributed by atoms with E-state index in [2.05, 4.69) is 29.5 Å². The predicted molar refractivity (Wildman–Crippen MR) is 74.8 cm³/mol. The summed E-state index contributed by atoms with van der Waals surface area (Å²) >= 11 is 0. The first-order valence-corrected chi connectivity index (χ1v) is 6.37. The Morgan fingerprint density at radius 2 is 2.06 bits per heavy atom. The fourth-order valence-electron chi connectivity index (χ4n) is 1.40. The maximum atomic E-state index is 11.9. The van der Waals surface area contributed by atoms with Crippen molar-refractivity contribution in [3.8, 4) is 0 Å². The summed E-state index contributed by atoms with van der Waals surface area (Å²) < 4.78 is 0. The SMILES string of the molecule is CCC(C)Nc1ccc(C(=O)NC(C)(C)C)nc1. The molecule has 0 bridgehead atoms. The molecule has 100 valence electrons. The van der Waals surface area contributed by atoms with Crippen LogP contribution in [0.3, 0.4) is 0 Å². The lowest BCUT2D eigenvalue weighted by Crippen LogP contribution is -2.40. The summed E-state index contributed by atoms with van der Waals surface area (Å²) in [7, 11) is 0. The van der Waals surface area contributed by atoms with Crippen LogP contribution in [0.4, 0.5) is 5.69 Å². The van der Waals surface area contributed by atoms with Crippen LogP contribution in [0.1, 0.15) is 51.5 Å². The van der Waals surface area contributed by atoms with Gasteiger partial charge in [-0.05, 0) is 46.2 Å². The fourth-order valence-corrected chi connectivity index (χ4v) is 1.40. The molecule has 0 aliphatic carbocycles. The number of pyridine rings is 1. The van der Waals surface area contributed by atoms with E-state index in [1.807, 2.05) is 26.8 Å². The monoisotopic (exact) mass is 249 g/mol. The Labute approximate surface area is 109 Å². The molecule has 0 radical (unpaired) electrons. The van der Waals surface area contributed by atoms with Gasteiger partial charge in [-0.3, -0.25) is 4.79 Å². The highest BCUT2D eigenvalue weighted by Crippen LogP contribution is 2.10. The van der Waals surface area contributed by atoms with Crippen LogP contribution in [0.2, 0.25) is 0 Å². The van der Waals surface area contributed by atoms with Gasteiger partial charge < -0.3 is 10.6 Å². The van der Waals surface area contributed by atoms with Crippen molar-refractivity contribution >= 4 is 11.6 Å². The predicted octanol–water partition coefficient (Wildman–Crippen LogP) is 2.82. The Kier molecular flexibility index (Phi) is 4.70. The molecule has 1 heterocycles. The lowest BCUT2D eigenvalue weighted by atomic mass is 10.1. The third kappa shape index (κ3) is 4.73. The standard InChI is InChI=1S/C14H23N3O/c1-6-10(2)16-11-7-8-12(15-9-11)13(18)17-14(3,4)5/h7-10,16H,6H2,1-5H3,(H,17,18). The molecule has 0 saturated heterocycles. The largest absolute Gasteiger partial charge is 0.381 e. The number of nitrogens with one attached hydrogen (secondary N) is 2. The van der Waals surface area contributed by atoms with Crippen molar-refractivity contribution in [2.24, 2.45) is 0 Å². The Morgan fingerprint density at radius 3 is 2.50 bits per heavy atom. The van der Waals surface area contributed by atoms with E-state index >= 15 is 0 Å². The molecule has 0 aliphatic heterocycles. The van der Waals surface area contributed by atoms with Crippen molar-refractivity contribution in [2.45, 2.75) is 52.6 Å². The zero-order valence-corrected chi connectivity index (χ0v) is 11.9. The average molecular weight is 249 g/mol. The van der Waals surface area contributed by atoms with Gasteiger partial charge in [0.15, 0.2) is 0 Å². The molecule has 1 aromatic heterocycles. The van der Waals surface area contributed by atoms with E-state index in [0.717, 1.165) is 12.1 Å². The zero-order chi connectivity index (χ0) is 13.8. The summed E-state index contributed by atoms with van der Waals surface area (Å²) in [6.45, 7) is 10.1. The van der Waals surface area contributed by atoms with E-state index in [-0.39, 0.29) is 11.4 Å². The number of hydrogen-bond donors (Lipinski definition) is 2. The van der Waals surface area contributed by atoms with Gasteiger partial charge in [0.1, 0.15) is 5.69 Å². The van der Waals surface area contributed by atoms with Crippen molar-refractivity contribution in [3.05, 3.63) is 24.0 Å². The number of carbonyl (C=O) groups is 1. The van der Waals surface area contributed by atoms with Crippen LogP contribution >= 0.6 is 0 Å². The molecule has 1 aromatic rings. The Bertz CT molecular complexity index is 392. The highest BCUT2D eigenvalue weighted by Gasteiger charge is 2.16. The molecule has 1 unspecified atom stereocenters. The van der Waals surface area contributed by atoms with Crippen LogP contribution in [-0.4, -0.2) is 22.5 Å². The minimum atomic E-state index is -0.244. The summed E-state index contributed by atoms with van der Waals surface area (Å²) in [6.07, 6.45) is 2.75. The third-order valence-corrected chi connectivity index (χ3v) is 2.51. The molecular weight excluding hydrogens is 226 g/mol. The fraction of sp³-hybridized carbons (Fsp3) is 0.571. The topological polar surface area (TPSA) is 54.0 Å². The lowest BCUT2D eigenvalue weighted by Gasteiger charge is -2.20. The van der Waals surface area contributed by atoms with E-state index in [0.29, 0.717) is 11.7 Å². The van der Waals surface area contributed by atoms with E-state index in [4.69, 9.17) is 0 Å². The zero-order valence-electron chi connectivity index (χ0n) is 11.9. The van der Waals surface area contributed by atoms with Crippen molar-refractivity contribution in [1.29, 1.82) is 0 Å². The normalized spacial score (nSPS) is 12.9. The molecule has 0 aromatic carbocycles. The second kappa shape index (κ2) is 5.85. The summed E-state index contributed by atoms with van der Waals surface area (Å²) in [5.41, 5.74) is 1.14. The van der Waals surface area contributed by atoms with Gasteiger partial charge >= 0.3 is 0 Å². The number of carbonyl (C=O) groups excluding carboxylic acids is 1. The summed E-state index contributed by atoms with van der Waals surface area (Å²) in [6, 6.07) is 4.03. The van der Waals surface area contributed by atoms with Crippen molar-refractivity contribution in [1.82, 2.24) is 10.3 Å². The Morgan fingerprint density at radius 1 is 1.39 bits per heavy atom. The van der Waals surface area contributed by atoms with Gasteiger partial charge in [-0.15, -0.1) is 0 Å². The van der Waals surface area contributed by atoms with Crippen LogP contribution in [0.15, 0.2) is 18.3 Å². The maximum Gasteiger partial charge on any atom is 0.270 e. The van der Waals surface area contributed by atoms with Gasteiger partial charge in [-0.2, -0.15) is 0 Å². The second-order valence-corrected chi connectivity index (χ2v) is 5.59. The van der Waals surface area contributed by atoms with Gasteiger partial charge in [-0.1, -0.05) is 6.92 Å². The van der Waals surface area contributed by atoms with E-state index < -0.39 is 0 Å². The molecule has 4 nitrogen and oxygen atoms in total. The third-order valence-electron chi connectivity index (χ3n) is 2.51. The van der Waals surface area contributed by atoms with Crippen LogP contribution in [0.25, 0.3) is 0 Å². The highest BCUT2D eigenvalue weighted by molar-refractivity contribution is 5.92. The number of nitrogens with zero attached hydrogens (tertiary/aromatic N) is 1. The summed E-state index contributed by atoms with van der Waals surface area (Å²) in [4.78, 5) is 16.0. The number of rotatable bonds is 4. The van der Waals surface area contributed by atoms with Crippen molar-refractivity contribution < 1.29 is 4.79 Å². The van der Waals surface area contributed by atoms with Gasteiger partial charge in [-0.25, -0.2) is 4.98 Å². The Balaban J connectivity index is 2.68. The van der Waals surface area contributed by atoms with Crippen LogP contribution in [-0.2, 0) is 0 Å². The van der Waals surface area contributed by atoms with Crippen LogP contribution < -0.4 is 10.6 Å². The number of amides is 1. The van der Waals surface area contributed by atoms with E-state index in [1.165, 1.54) is 0 Å². The van der Waals surface area contributed by atoms with Crippen LogP contribution in [0, 0.1) is 0 Å². The van der Waals surface area contributed by atoms with E-state index in [1.54, 1.807) is 12.3 Å². The molecule has 1 amide bonds. The number of anilines is 1. The highest BCUT2D eigenvalue weighted by atomic mass is 16.2. The molecule has 0 fully saturated rings. The summed E-state index contributed by atoms with van der Waals surface area (Å²) in [5, 5.41) is 6.20. The molecule has 2 N–H and O–H groups in total. The average Bonchev–Trinajstić information content (AvgIpc) is 2.27. The minimum Gasteiger partial charge on any atom is -0.381 e. The molecule has 0 aliphatic rings. The van der Waals surface area contributed by atoms with E-state index in [9.17, 15) is 4.79 Å². The molecule has 1 atom stereocenters. The first-order chi connectivity index (χ1) is 8.31. The minimum absolute atomic E-state index is 0.141. The Hall–Kier alpha value is -1.58. The van der Waals surface area contributed by atoms with Gasteiger partial charge in [0.05, 0.1) is 11.9 Å². The number of aromatic nitrogens is 1. The molecule has 4 heteroatoms. The van der Waals surface area contributed by atoms with Crippen molar-refractivity contribution in [2.75, 3.05) is 5.32 Å². The molecule has 1 rings (SSSR count). The quantitative estimate of drug-likeness (QED) is 0.862. The van der Waals surface area contributed by atoms with Crippen LogP contribution in [0.5, 0.6) is 0 Å². The van der Waals surface area contributed by atoms with Gasteiger partial charge in [0.2, 0.25) is 0 Å². The first kappa shape index (κ1) is 14.5. The molecule has 0 spiro atoms. The second-order valence-electron chi connectivity index (χ2n) is 5.59. The lowest BCUT2D eigenvalue weighted by molar-refractivity contribution is 0.0914. The van der Waals surface area contributed by atoms with Gasteiger partial charge in [0.25, 0.3) is 5.91 Å². The number of hydrogen-bond acceptors (Lipinski definition) is 3. The van der Waals surface area contributed by atoms with Crippen molar-refractivity contribution in [3.63, 3.8) is 0 Å². The smallest absolute Gasteiger partial charge is 0.270 e. The van der Waals surface area contributed by atoms with Gasteiger partial charge in [0, 0.05) is 11.6 Å². The molecule has 18 heavy (non-hydrogen) atoms. The first-order valence-electron chi connectivity index (χ1n) is 6.37.